The lowest BCUT2D eigenvalue weighted by atomic mass is 9.96. The maximum absolute atomic E-state index is 10.4. The molecule has 0 unspecified atom stereocenters. The Balaban J connectivity index is 2.12. The molecule has 17 heavy (non-hydrogen) atoms. The topological polar surface area (TPSA) is 72.3 Å². The minimum atomic E-state index is -0.995. The van der Waals surface area contributed by atoms with Crippen LogP contribution in [0.4, 0.5) is 0 Å². The lowest BCUT2D eigenvalue weighted by Crippen LogP contribution is -2.15. The van der Waals surface area contributed by atoms with Gasteiger partial charge in [-0.25, -0.2) is 14.8 Å². The standard InChI is InChI=1S/C12H14N2O3/c15-12(16)2-1-11-13-6-3-10(14-11)9-4-7-17-8-5-9/h1-3,6,9H,4-5,7-8H2,(H,15,16)/b2-1+. The van der Waals surface area contributed by atoms with E-state index in [9.17, 15) is 4.79 Å². The summed E-state index contributed by atoms with van der Waals surface area (Å²) in [4.78, 5) is 18.8. The van der Waals surface area contributed by atoms with Crippen molar-refractivity contribution in [1.29, 1.82) is 0 Å². The van der Waals surface area contributed by atoms with E-state index in [2.05, 4.69) is 9.97 Å². The third-order valence-electron chi connectivity index (χ3n) is 2.71. The van der Waals surface area contributed by atoms with Crippen LogP contribution in [0.5, 0.6) is 0 Å². The van der Waals surface area contributed by atoms with Crippen LogP contribution < -0.4 is 0 Å². The van der Waals surface area contributed by atoms with Crippen molar-refractivity contribution in [3.63, 3.8) is 0 Å². The molecule has 0 aromatic carbocycles. The van der Waals surface area contributed by atoms with Gasteiger partial charge in [0.25, 0.3) is 0 Å². The lowest BCUT2D eigenvalue weighted by molar-refractivity contribution is -0.131. The molecule has 0 radical (unpaired) electrons. The molecule has 1 aliphatic heterocycles. The van der Waals surface area contributed by atoms with Crippen LogP contribution in [0.2, 0.25) is 0 Å². The normalized spacial score (nSPS) is 17.4. The maximum atomic E-state index is 10.4. The van der Waals surface area contributed by atoms with E-state index in [1.807, 2.05) is 6.07 Å². The molecule has 0 aliphatic carbocycles. The first-order valence-corrected chi connectivity index (χ1v) is 5.57. The molecule has 0 bridgehead atoms. The number of rotatable bonds is 3. The van der Waals surface area contributed by atoms with Crippen LogP contribution >= 0.6 is 0 Å². The summed E-state index contributed by atoms with van der Waals surface area (Å²) < 4.78 is 5.30. The zero-order valence-electron chi connectivity index (χ0n) is 9.37. The van der Waals surface area contributed by atoms with Gasteiger partial charge in [0, 0.05) is 37.1 Å². The molecule has 1 aromatic rings. The van der Waals surface area contributed by atoms with Crippen LogP contribution in [0.1, 0.15) is 30.3 Å². The van der Waals surface area contributed by atoms with Crippen LogP contribution in [0.25, 0.3) is 6.08 Å². The molecule has 1 fully saturated rings. The van der Waals surface area contributed by atoms with Crippen LogP contribution in [0.3, 0.4) is 0 Å². The van der Waals surface area contributed by atoms with Crippen molar-refractivity contribution in [1.82, 2.24) is 9.97 Å². The third-order valence-corrected chi connectivity index (χ3v) is 2.71. The van der Waals surface area contributed by atoms with Crippen LogP contribution in [0, 0.1) is 0 Å². The SMILES string of the molecule is O=C(O)/C=C/c1nccc(C2CCOCC2)n1. The van der Waals surface area contributed by atoms with Gasteiger partial charge in [-0.3, -0.25) is 0 Å². The second-order valence-electron chi connectivity index (χ2n) is 3.90. The Morgan fingerprint density at radius 2 is 2.24 bits per heavy atom. The Labute approximate surface area is 99.2 Å². The highest BCUT2D eigenvalue weighted by Crippen LogP contribution is 2.24. The Kier molecular flexibility index (Phi) is 3.82. The van der Waals surface area contributed by atoms with Crippen molar-refractivity contribution < 1.29 is 14.6 Å². The summed E-state index contributed by atoms with van der Waals surface area (Å²) >= 11 is 0. The number of aromatic nitrogens is 2. The Morgan fingerprint density at radius 3 is 2.94 bits per heavy atom. The van der Waals surface area contributed by atoms with Crippen LogP contribution in [-0.4, -0.2) is 34.3 Å². The minimum Gasteiger partial charge on any atom is -0.478 e. The first-order chi connectivity index (χ1) is 8.25. The summed E-state index contributed by atoms with van der Waals surface area (Å²) in [6.45, 7) is 1.52. The van der Waals surface area contributed by atoms with Gasteiger partial charge >= 0.3 is 5.97 Å². The van der Waals surface area contributed by atoms with Crippen LogP contribution in [-0.2, 0) is 9.53 Å². The fourth-order valence-corrected chi connectivity index (χ4v) is 1.84. The molecule has 90 valence electrons. The largest absolute Gasteiger partial charge is 0.478 e. The Bertz CT molecular complexity index is 426. The smallest absolute Gasteiger partial charge is 0.328 e. The first-order valence-electron chi connectivity index (χ1n) is 5.57. The van der Waals surface area contributed by atoms with E-state index >= 15 is 0 Å². The maximum Gasteiger partial charge on any atom is 0.328 e. The fraction of sp³-hybridized carbons (Fsp3) is 0.417. The van der Waals surface area contributed by atoms with E-state index < -0.39 is 5.97 Å². The predicted molar refractivity (Wildman–Crippen MR) is 61.5 cm³/mol. The summed E-state index contributed by atoms with van der Waals surface area (Å²) in [5.74, 6) is -0.162. The first kappa shape index (κ1) is 11.7. The lowest BCUT2D eigenvalue weighted by Gasteiger charge is -2.21. The number of aliphatic carboxylic acids is 1. The molecular formula is C12H14N2O3. The average molecular weight is 234 g/mol. The number of hydrogen-bond donors (Lipinski definition) is 1. The van der Waals surface area contributed by atoms with E-state index in [1.165, 1.54) is 6.08 Å². The molecule has 1 aromatic heterocycles. The fourth-order valence-electron chi connectivity index (χ4n) is 1.84. The Morgan fingerprint density at radius 1 is 1.47 bits per heavy atom. The molecule has 0 atom stereocenters. The van der Waals surface area contributed by atoms with E-state index in [4.69, 9.17) is 9.84 Å². The van der Waals surface area contributed by atoms with Gasteiger partial charge in [-0.2, -0.15) is 0 Å². The second kappa shape index (κ2) is 5.54. The highest BCUT2D eigenvalue weighted by Gasteiger charge is 2.17. The Hall–Kier alpha value is -1.75. The van der Waals surface area contributed by atoms with Crippen molar-refractivity contribution in [3.8, 4) is 0 Å². The molecule has 0 spiro atoms. The number of hydrogen-bond acceptors (Lipinski definition) is 4. The van der Waals surface area contributed by atoms with Crippen molar-refractivity contribution in [2.24, 2.45) is 0 Å². The van der Waals surface area contributed by atoms with E-state index in [0.29, 0.717) is 11.7 Å². The molecule has 0 saturated carbocycles. The van der Waals surface area contributed by atoms with E-state index in [-0.39, 0.29) is 0 Å². The van der Waals surface area contributed by atoms with Crippen LogP contribution in [0.15, 0.2) is 18.3 Å². The second-order valence-corrected chi connectivity index (χ2v) is 3.90. The predicted octanol–water partition coefficient (Wildman–Crippen LogP) is 1.47. The van der Waals surface area contributed by atoms with Gasteiger partial charge in [-0.1, -0.05) is 0 Å². The molecule has 1 N–H and O–H groups in total. The molecular weight excluding hydrogens is 220 g/mol. The van der Waals surface area contributed by atoms with Gasteiger partial charge < -0.3 is 9.84 Å². The molecule has 0 amide bonds. The summed E-state index contributed by atoms with van der Waals surface area (Å²) in [6.07, 6.45) is 6.03. The third kappa shape index (κ3) is 3.35. The van der Waals surface area contributed by atoms with Gasteiger partial charge in [0.05, 0.1) is 0 Å². The zero-order valence-corrected chi connectivity index (χ0v) is 9.37. The molecule has 1 aliphatic rings. The quantitative estimate of drug-likeness (QED) is 0.802. The molecule has 1 saturated heterocycles. The van der Waals surface area contributed by atoms with Gasteiger partial charge in [-0.15, -0.1) is 0 Å². The molecule has 2 heterocycles. The number of carboxylic acids is 1. The molecule has 5 nitrogen and oxygen atoms in total. The van der Waals surface area contributed by atoms with E-state index in [1.54, 1.807) is 6.20 Å². The minimum absolute atomic E-state index is 0.392. The number of nitrogens with zero attached hydrogens (tertiary/aromatic N) is 2. The number of carbonyl (C=O) groups is 1. The molecule has 5 heteroatoms. The van der Waals surface area contributed by atoms with Crippen molar-refractivity contribution >= 4 is 12.0 Å². The summed E-state index contributed by atoms with van der Waals surface area (Å²) in [5.41, 5.74) is 0.966. The summed E-state index contributed by atoms with van der Waals surface area (Å²) in [6, 6.07) is 1.88. The van der Waals surface area contributed by atoms with Gasteiger partial charge in [0.1, 0.15) is 0 Å². The van der Waals surface area contributed by atoms with Gasteiger partial charge in [0.2, 0.25) is 0 Å². The van der Waals surface area contributed by atoms with Crippen molar-refractivity contribution in [2.75, 3.05) is 13.2 Å². The van der Waals surface area contributed by atoms with E-state index in [0.717, 1.165) is 37.8 Å². The zero-order chi connectivity index (χ0) is 12.1. The number of carboxylic acid groups (broad SMARTS) is 1. The van der Waals surface area contributed by atoms with Gasteiger partial charge in [0.15, 0.2) is 5.82 Å². The summed E-state index contributed by atoms with van der Waals surface area (Å²) in [7, 11) is 0. The van der Waals surface area contributed by atoms with Crippen molar-refractivity contribution in [3.05, 3.63) is 29.9 Å². The number of ether oxygens (including phenoxy) is 1. The average Bonchev–Trinajstić information content (AvgIpc) is 2.38. The highest BCUT2D eigenvalue weighted by atomic mass is 16.5. The van der Waals surface area contributed by atoms with Gasteiger partial charge in [-0.05, 0) is 25.0 Å². The molecule has 2 rings (SSSR count). The monoisotopic (exact) mass is 234 g/mol. The van der Waals surface area contributed by atoms with Crippen molar-refractivity contribution in [2.45, 2.75) is 18.8 Å². The highest BCUT2D eigenvalue weighted by molar-refractivity contribution is 5.84. The summed E-state index contributed by atoms with van der Waals surface area (Å²) in [5, 5.41) is 8.53.